The minimum absolute atomic E-state index is 0.0395. The third-order valence-corrected chi connectivity index (χ3v) is 5.78. The summed E-state index contributed by atoms with van der Waals surface area (Å²) in [7, 11) is 1.37. The van der Waals surface area contributed by atoms with Crippen molar-refractivity contribution in [1.29, 1.82) is 0 Å². The average Bonchev–Trinajstić information content (AvgIpc) is 3.00. The maximum absolute atomic E-state index is 14.3. The molecular weight excluding hydrogens is 302 g/mol. The number of methoxy groups -OCH3 is 1. The van der Waals surface area contributed by atoms with Crippen molar-refractivity contribution in [2.75, 3.05) is 26.7 Å². The Morgan fingerprint density at radius 1 is 1.22 bits per heavy atom. The van der Waals surface area contributed by atoms with Gasteiger partial charge in [-0.15, -0.1) is 0 Å². The topological polar surface area (TPSA) is 32.8 Å². The Kier molecular flexibility index (Phi) is 3.52. The minimum Gasteiger partial charge on any atom is -0.453 e. The van der Waals surface area contributed by atoms with Gasteiger partial charge in [-0.2, -0.15) is 0 Å². The van der Waals surface area contributed by atoms with Crippen molar-refractivity contribution in [2.45, 2.75) is 30.8 Å². The fourth-order valence-electron chi connectivity index (χ4n) is 4.83. The first-order chi connectivity index (χ1) is 11.1. The van der Waals surface area contributed by atoms with Crippen LogP contribution in [0.1, 0.15) is 24.3 Å². The second-order valence-corrected chi connectivity index (χ2v) is 6.73. The van der Waals surface area contributed by atoms with Gasteiger partial charge in [-0.05, 0) is 43.5 Å². The molecule has 0 aliphatic carbocycles. The summed E-state index contributed by atoms with van der Waals surface area (Å²) in [5.74, 6) is -1.40. The molecule has 0 N–H and O–H groups in total. The van der Waals surface area contributed by atoms with Gasteiger partial charge in [-0.25, -0.2) is 13.6 Å². The molecule has 124 valence electrons. The number of amides is 1. The van der Waals surface area contributed by atoms with Crippen molar-refractivity contribution in [3.63, 3.8) is 0 Å². The lowest BCUT2D eigenvalue weighted by atomic mass is 9.75. The second-order valence-electron chi connectivity index (χ2n) is 6.73. The van der Waals surface area contributed by atoms with Gasteiger partial charge in [0.05, 0.1) is 13.2 Å². The molecule has 0 spiro atoms. The number of carbonyl (C=O) groups is 1. The SMILES string of the molecule is COC(=O)N1C[C@H](c2cccc(F)c2F)[C@H]2[C@@H]1C1CCN2CC1. The Balaban J connectivity index is 1.75. The minimum atomic E-state index is -0.827. The molecule has 1 aromatic carbocycles. The summed E-state index contributed by atoms with van der Waals surface area (Å²) in [6.07, 6.45) is 1.73. The van der Waals surface area contributed by atoms with E-state index >= 15 is 0 Å². The standard InChI is InChI=1S/C17H20F2N2O2/c1-23-17(22)21-9-12(11-3-2-4-13(18)14(11)19)16-15(21)10-5-7-20(16)8-6-10/h2-4,10,12,15-16H,5-9H2,1H3/t12-,15+,16+/m1/s1. The van der Waals surface area contributed by atoms with Crippen LogP contribution in [-0.2, 0) is 4.74 Å². The number of likely N-dealkylation sites (tertiary alicyclic amines) is 1. The van der Waals surface area contributed by atoms with Crippen molar-refractivity contribution in [2.24, 2.45) is 5.92 Å². The first-order valence-corrected chi connectivity index (χ1v) is 8.14. The fourth-order valence-corrected chi connectivity index (χ4v) is 4.83. The first-order valence-electron chi connectivity index (χ1n) is 8.14. The number of piperidine rings is 3. The van der Waals surface area contributed by atoms with Crippen LogP contribution in [0.25, 0.3) is 0 Å². The van der Waals surface area contributed by atoms with Gasteiger partial charge in [0.1, 0.15) is 0 Å². The van der Waals surface area contributed by atoms with E-state index in [9.17, 15) is 13.6 Å². The Morgan fingerprint density at radius 3 is 2.65 bits per heavy atom. The smallest absolute Gasteiger partial charge is 0.409 e. The van der Waals surface area contributed by atoms with Gasteiger partial charge < -0.3 is 9.64 Å². The lowest BCUT2D eigenvalue weighted by Crippen LogP contribution is -2.60. The van der Waals surface area contributed by atoms with Gasteiger partial charge in [0.15, 0.2) is 11.6 Å². The van der Waals surface area contributed by atoms with Crippen LogP contribution in [0.3, 0.4) is 0 Å². The molecule has 23 heavy (non-hydrogen) atoms. The summed E-state index contributed by atoms with van der Waals surface area (Å²) in [6, 6.07) is 4.41. The molecule has 0 aromatic heterocycles. The first kappa shape index (κ1) is 14.9. The molecular formula is C17H20F2N2O2. The quantitative estimate of drug-likeness (QED) is 0.797. The van der Waals surface area contributed by atoms with E-state index < -0.39 is 11.6 Å². The van der Waals surface area contributed by atoms with Crippen molar-refractivity contribution < 1.29 is 18.3 Å². The number of nitrogens with zero attached hydrogens (tertiary/aromatic N) is 2. The van der Waals surface area contributed by atoms with Gasteiger partial charge in [-0.1, -0.05) is 12.1 Å². The van der Waals surface area contributed by atoms with Crippen molar-refractivity contribution >= 4 is 6.09 Å². The number of rotatable bonds is 1. The molecule has 4 fully saturated rings. The van der Waals surface area contributed by atoms with Crippen LogP contribution in [0.5, 0.6) is 0 Å². The molecule has 5 rings (SSSR count). The van der Waals surface area contributed by atoms with E-state index in [0.717, 1.165) is 32.0 Å². The summed E-state index contributed by atoms with van der Waals surface area (Å²) < 4.78 is 32.9. The number of hydrogen-bond donors (Lipinski definition) is 0. The molecule has 4 heterocycles. The highest BCUT2D eigenvalue weighted by Crippen LogP contribution is 2.47. The van der Waals surface area contributed by atoms with Gasteiger partial charge in [0.2, 0.25) is 0 Å². The number of benzene rings is 1. The Labute approximate surface area is 134 Å². The zero-order valence-corrected chi connectivity index (χ0v) is 13.0. The number of halogens is 2. The van der Waals surface area contributed by atoms with Gasteiger partial charge >= 0.3 is 6.09 Å². The molecule has 1 amide bonds. The molecule has 1 aromatic rings. The lowest BCUT2D eigenvalue weighted by Gasteiger charge is -2.50. The summed E-state index contributed by atoms with van der Waals surface area (Å²) in [6.45, 7) is 2.32. The highest BCUT2D eigenvalue weighted by Gasteiger charge is 2.55. The van der Waals surface area contributed by atoms with Crippen LogP contribution < -0.4 is 0 Å². The molecule has 3 atom stereocenters. The molecule has 4 saturated heterocycles. The number of ether oxygens (including phenoxy) is 1. The largest absolute Gasteiger partial charge is 0.453 e. The van der Waals surface area contributed by atoms with Crippen molar-refractivity contribution in [3.8, 4) is 0 Å². The summed E-state index contributed by atoms with van der Waals surface area (Å²) in [5, 5.41) is 0. The summed E-state index contributed by atoms with van der Waals surface area (Å²) >= 11 is 0. The van der Waals surface area contributed by atoms with Crippen molar-refractivity contribution in [3.05, 3.63) is 35.4 Å². The molecule has 0 saturated carbocycles. The van der Waals surface area contributed by atoms with Crippen LogP contribution in [0.15, 0.2) is 18.2 Å². The number of hydrogen-bond acceptors (Lipinski definition) is 3. The van der Waals surface area contributed by atoms with Gasteiger partial charge in [-0.3, -0.25) is 4.90 Å². The van der Waals surface area contributed by atoms with E-state index in [1.807, 2.05) is 0 Å². The van der Waals surface area contributed by atoms with E-state index in [4.69, 9.17) is 4.74 Å². The maximum atomic E-state index is 14.3. The molecule has 4 aliphatic heterocycles. The molecule has 0 unspecified atom stereocenters. The van der Waals surface area contributed by atoms with Crippen LogP contribution in [0.4, 0.5) is 13.6 Å². The Morgan fingerprint density at radius 2 is 1.96 bits per heavy atom. The number of carbonyl (C=O) groups excluding carboxylic acids is 1. The predicted octanol–water partition coefficient (Wildman–Crippen LogP) is 2.59. The molecule has 6 heteroatoms. The zero-order chi connectivity index (χ0) is 16.1. The van der Waals surface area contributed by atoms with Crippen LogP contribution >= 0.6 is 0 Å². The fraction of sp³-hybridized carbons (Fsp3) is 0.588. The monoisotopic (exact) mass is 322 g/mol. The van der Waals surface area contributed by atoms with Crippen molar-refractivity contribution in [1.82, 2.24) is 9.80 Å². The molecule has 4 aliphatic rings. The molecule has 4 nitrogen and oxygen atoms in total. The van der Waals surface area contributed by atoms with E-state index in [-0.39, 0.29) is 24.1 Å². The van der Waals surface area contributed by atoms with Crippen LogP contribution in [-0.4, -0.2) is 54.7 Å². The van der Waals surface area contributed by atoms with E-state index in [1.54, 1.807) is 17.0 Å². The Hall–Kier alpha value is -1.69. The van der Waals surface area contributed by atoms with Crippen LogP contribution in [0.2, 0.25) is 0 Å². The average molecular weight is 322 g/mol. The predicted molar refractivity (Wildman–Crippen MR) is 80.1 cm³/mol. The summed E-state index contributed by atoms with van der Waals surface area (Å²) in [4.78, 5) is 16.3. The molecule has 2 bridgehead atoms. The second kappa shape index (κ2) is 5.44. The normalized spacial score (nSPS) is 35.3. The lowest BCUT2D eigenvalue weighted by molar-refractivity contribution is -0.00506. The third kappa shape index (κ3) is 2.15. The maximum Gasteiger partial charge on any atom is 0.409 e. The van der Waals surface area contributed by atoms with Gasteiger partial charge in [0.25, 0.3) is 0 Å². The Bertz CT molecular complexity index is 631. The number of fused-ring (bicyclic) bond motifs is 2. The zero-order valence-electron chi connectivity index (χ0n) is 13.0. The van der Waals surface area contributed by atoms with E-state index in [2.05, 4.69) is 4.90 Å². The third-order valence-electron chi connectivity index (χ3n) is 5.78. The summed E-state index contributed by atoms with van der Waals surface area (Å²) in [5.41, 5.74) is 0.374. The highest BCUT2D eigenvalue weighted by molar-refractivity contribution is 5.69. The molecule has 0 radical (unpaired) electrons. The van der Waals surface area contributed by atoms with E-state index in [1.165, 1.54) is 7.11 Å². The van der Waals surface area contributed by atoms with Crippen LogP contribution in [0, 0.1) is 17.6 Å². The highest BCUT2D eigenvalue weighted by atomic mass is 19.2. The van der Waals surface area contributed by atoms with Gasteiger partial charge in [0, 0.05) is 18.5 Å². The van der Waals surface area contributed by atoms with E-state index in [0.29, 0.717) is 18.0 Å².